The van der Waals surface area contributed by atoms with E-state index in [9.17, 15) is 22.8 Å². The molecule has 3 rings (SSSR count). The van der Waals surface area contributed by atoms with Gasteiger partial charge in [0.05, 0.1) is 18.4 Å². The van der Waals surface area contributed by atoms with Crippen LogP contribution in [0.25, 0.3) is 0 Å². The zero-order valence-corrected chi connectivity index (χ0v) is 17.4. The zero-order valence-electron chi connectivity index (χ0n) is 17.4. The van der Waals surface area contributed by atoms with E-state index in [2.05, 4.69) is 17.1 Å². The van der Waals surface area contributed by atoms with E-state index in [1.165, 1.54) is 12.1 Å². The first-order valence-corrected chi connectivity index (χ1v) is 10.3. The third kappa shape index (κ3) is 6.55. The predicted molar refractivity (Wildman–Crippen MR) is 113 cm³/mol. The van der Waals surface area contributed by atoms with E-state index in [0.717, 1.165) is 50.4 Å². The van der Waals surface area contributed by atoms with Crippen LogP contribution >= 0.6 is 0 Å². The van der Waals surface area contributed by atoms with Crippen LogP contribution in [0.15, 0.2) is 48.5 Å². The number of halogens is 3. The zero-order chi connectivity index (χ0) is 22.4. The summed E-state index contributed by atoms with van der Waals surface area (Å²) < 4.78 is 38.4. The maximum atomic E-state index is 12.8. The minimum atomic E-state index is -4.44. The minimum absolute atomic E-state index is 0.0806. The fraction of sp³-hybridized carbons (Fsp3) is 0.391. The molecule has 0 saturated carbocycles. The first-order chi connectivity index (χ1) is 14.7. The van der Waals surface area contributed by atoms with Crippen LogP contribution in [0, 0.1) is 0 Å². The highest BCUT2D eigenvalue weighted by Gasteiger charge is 2.30. The molecule has 0 atom stereocenters. The van der Waals surface area contributed by atoms with Crippen molar-refractivity contribution in [1.82, 2.24) is 9.80 Å². The van der Waals surface area contributed by atoms with Gasteiger partial charge in [0.15, 0.2) is 0 Å². The average molecular weight is 433 g/mol. The molecule has 1 fully saturated rings. The summed E-state index contributed by atoms with van der Waals surface area (Å²) in [5, 5.41) is 2.68. The molecule has 0 unspecified atom stereocenters. The normalized spacial score (nSPS) is 15.0. The lowest BCUT2D eigenvalue weighted by Crippen LogP contribution is -2.48. The third-order valence-corrected chi connectivity index (χ3v) is 5.38. The molecule has 8 heteroatoms. The molecule has 0 aliphatic carbocycles. The lowest BCUT2D eigenvalue weighted by molar-refractivity contribution is -0.137. The number of carbonyl (C=O) groups is 2. The first kappa shape index (κ1) is 22.8. The van der Waals surface area contributed by atoms with Gasteiger partial charge in [-0.3, -0.25) is 9.59 Å². The van der Waals surface area contributed by atoms with Crippen LogP contribution < -0.4 is 5.32 Å². The van der Waals surface area contributed by atoms with Crippen LogP contribution in [0.2, 0.25) is 0 Å². The number of rotatable bonds is 6. The highest BCUT2D eigenvalue weighted by Crippen LogP contribution is 2.29. The second-order valence-corrected chi connectivity index (χ2v) is 7.61. The molecule has 1 saturated heterocycles. The number of amides is 2. The number of benzene rings is 2. The lowest BCUT2D eigenvalue weighted by Gasteiger charge is -2.34. The molecule has 0 radical (unpaired) electrons. The van der Waals surface area contributed by atoms with Crippen molar-refractivity contribution in [3.8, 4) is 0 Å². The van der Waals surface area contributed by atoms with Crippen LogP contribution in [0.3, 0.4) is 0 Å². The van der Waals surface area contributed by atoms with Crippen LogP contribution in [0.4, 0.5) is 18.9 Å². The maximum Gasteiger partial charge on any atom is 0.416 e. The molecule has 31 heavy (non-hydrogen) atoms. The molecule has 1 aliphatic rings. The predicted octanol–water partition coefficient (Wildman–Crippen LogP) is 3.59. The molecule has 2 amide bonds. The molecular weight excluding hydrogens is 407 g/mol. The van der Waals surface area contributed by atoms with Gasteiger partial charge in [0.25, 0.3) is 0 Å². The molecule has 2 aromatic carbocycles. The van der Waals surface area contributed by atoms with Crippen molar-refractivity contribution >= 4 is 17.5 Å². The van der Waals surface area contributed by atoms with Crippen molar-refractivity contribution in [1.29, 1.82) is 0 Å². The van der Waals surface area contributed by atoms with E-state index in [-0.39, 0.29) is 17.9 Å². The van der Waals surface area contributed by atoms with E-state index in [1.54, 1.807) is 24.3 Å². The summed E-state index contributed by atoms with van der Waals surface area (Å²) in [5.41, 5.74) is 0.893. The third-order valence-electron chi connectivity index (χ3n) is 5.38. The van der Waals surface area contributed by atoms with Gasteiger partial charge in [0.2, 0.25) is 11.8 Å². The maximum absolute atomic E-state index is 12.8. The second-order valence-electron chi connectivity index (χ2n) is 7.61. The molecule has 1 heterocycles. The Kier molecular flexibility index (Phi) is 7.33. The smallest absolute Gasteiger partial charge is 0.340 e. The van der Waals surface area contributed by atoms with Gasteiger partial charge in [-0.05, 0) is 35.9 Å². The van der Waals surface area contributed by atoms with E-state index in [0.29, 0.717) is 12.1 Å². The number of anilines is 1. The van der Waals surface area contributed by atoms with Crippen LogP contribution in [0.1, 0.15) is 23.6 Å². The number of nitrogens with one attached hydrogen (secondary N) is 1. The van der Waals surface area contributed by atoms with Crippen molar-refractivity contribution in [2.75, 3.05) is 38.0 Å². The van der Waals surface area contributed by atoms with Crippen molar-refractivity contribution in [2.45, 2.75) is 25.9 Å². The molecule has 0 spiro atoms. The Labute approximate surface area is 179 Å². The Hall–Kier alpha value is -2.87. The number of likely N-dealkylation sites (N-methyl/N-ethyl adjacent to an activating group) is 1. The van der Waals surface area contributed by atoms with E-state index in [1.807, 2.05) is 4.90 Å². The molecule has 1 aliphatic heterocycles. The summed E-state index contributed by atoms with van der Waals surface area (Å²) in [7, 11) is 0. The SMILES string of the molecule is CCN1CCN(C(=O)Cc2ccc(NC(=O)Cc3cccc(C(F)(F)F)c3)cc2)CC1. The molecule has 166 valence electrons. The van der Waals surface area contributed by atoms with Crippen LogP contribution in [-0.2, 0) is 28.6 Å². The summed E-state index contributed by atoms with van der Waals surface area (Å²) in [6.45, 7) is 6.34. The van der Waals surface area contributed by atoms with Crippen LogP contribution in [-0.4, -0.2) is 54.3 Å². The number of hydrogen-bond donors (Lipinski definition) is 1. The van der Waals surface area contributed by atoms with Crippen molar-refractivity contribution < 1.29 is 22.8 Å². The Morgan fingerprint density at radius 2 is 1.61 bits per heavy atom. The fourth-order valence-electron chi connectivity index (χ4n) is 3.55. The van der Waals surface area contributed by atoms with Gasteiger partial charge < -0.3 is 15.1 Å². The molecule has 0 bridgehead atoms. The second kappa shape index (κ2) is 9.96. The van der Waals surface area contributed by atoms with Gasteiger partial charge in [-0.15, -0.1) is 0 Å². The molecule has 2 aromatic rings. The van der Waals surface area contributed by atoms with Crippen LogP contribution in [0.5, 0.6) is 0 Å². The van der Waals surface area contributed by atoms with E-state index in [4.69, 9.17) is 0 Å². The van der Waals surface area contributed by atoms with Gasteiger partial charge in [-0.2, -0.15) is 13.2 Å². The molecule has 0 aromatic heterocycles. The van der Waals surface area contributed by atoms with Crippen molar-refractivity contribution in [3.05, 3.63) is 65.2 Å². The summed E-state index contributed by atoms with van der Waals surface area (Å²) in [6, 6.07) is 11.7. The number of nitrogens with zero attached hydrogens (tertiary/aromatic N) is 2. The molecular formula is C23H26F3N3O2. The highest BCUT2D eigenvalue weighted by molar-refractivity contribution is 5.92. The largest absolute Gasteiger partial charge is 0.416 e. The molecule has 1 N–H and O–H groups in total. The summed E-state index contributed by atoms with van der Waals surface area (Å²) in [5.74, 6) is -0.325. The first-order valence-electron chi connectivity index (χ1n) is 10.3. The fourth-order valence-corrected chi connectivity index (χ4v) is 3.55. The van der Waals surface area contributed by atoms with Gasteiger partial charge in [-0.1, -0.05) is 37.3 Å². The quantitative estimate of drug-likeness (QED) is 0.758. The monoisotopic (exact) mass is 433 g/mol. The van der Waals surface area contributed by atoms with Gasteiger partial charge in [-0.25, -0.2) is 0 Å². The molecule has 5 nitrogen and oxygen atoms in total. The van der Waals surface area contributed by atoms with E-state index < -0.39 is 17.6 Å². The average Bonchev–Trinajstić information content (AvgIpc) is 2.74. The summed E-state index contributed by atoms with van der Waals surface area (Å²) >= 11 is 0. The minimum Gasteiger partial charge on any atom is -0.340 e. The van der Waals surface area contributed by atoms with Crippen molar-refractivity contribution in [3.63, 3.8) is 0 Å². The number of alkyl halides is 3. The van der Waals surface area contributed by atoms with Crippen molar-refractivity contribution in [2.24, 2.45) is 0 Å². The van der Waals surface area contributed by atoms with Gasteiger partial charge in [0.1, 0.15) is 0 Å². The topological polar surface area (TPSA) is 52.6 Å². The summed E-state index contributed by atoms with van der Waals surface area (Å²) in [6.07, 6.45) is -4.30. The standard InChI is InChI=1S/C23H26F3N3O2/c1-2-28-10-12-29(13-11-28)22(31)16-17-6-8-20(9-7-17)27-21(30)15-18-4-3-5-19(14-18)23(24,25)26/h3-9,14H,2,10-13,15-16H2,1H3,(H,27,30). The highest BCUT2D eigenvalue weighted by atomic mass is 19.4. The van der Waals surface area contributed by atoms with Gasteiger partial charge in [0, 0.05) is 31.9 Å². The Bertz CT molecular complexity index is 905. The number of carbonyl (C=O) groups excluding carboxylic acids is 2. The van der Waals surface area contributed by atoms with E-state index >= 15 is 0 Å². The number of hydrogen-bond acceptors (Lipinski definition) is 3. The summed E-state index contributed by atoms with van der Waals surface area (Å²) in [4.78, 5) is 28.9. The Morgan fingerprint density at radius 3 is 2.23 bits per heavy atom. The number of piperazine rings is 1. The lowest BCUT2D eigenvalue weighted by atomic mass is 10.1. The van der Waals surface area contributed by atoms with Gasteiger partial charge >= 0.3 is 6.18 Å². The Morgan fingerprint density at radius 1 is 0.935 bits per heavy atom. The Balaban J connectivity index is 1.51.